The van der Waals surface area contributed by atoms with Gasteiger partial charge in [-0.25, -0.2) is 4.79 Å². The van der Waals surface area contributed by atoms with Crippen molar-refractivity contribution in [3.63, 3.8) is 0 Å². The van der Waals surface area contributed by atoms with Crippen molar-refractivity contribution in [2.24, 2.45) is 5.73 Å². The number of rotatable bonds is 3. The minimum Gasteiger partial charge on any atom is -0.351 e. The minimum atomic E-state index is -0.636. The zero-order chi connectivity index (χ0) is 14.5. The maximum absolute atomic E-state index is 12.5. The van der Waals surface area contributed by atoms with Gasteiger partial charge in [0.1, 0.15) is 0 Å². The Morgan fingerprint density at radius 3 is 2.90 bits per heavy atom. The number of likely N-dealkylation sites (tertiary alicyclic amines) is 1. The monoisotopic (exact) mass is 276 g/mol. The molecule has 0 bridgehead atoms. The zero-order valence-corrected chi connectivity index (χ0v) is 11.6. The Bertz CT molecular complexity index is 504. The van der Waals surface area contributed by atoms with E-state index in [-0.39, 0.29) is 5.91 Å². The number of nitrogens with one attached hydrogen (secondary N) is 2. The van der Waals surface area contributed by atoms with Crippen LogP contribution >= 0.6 is 0 Å². The molecule has 20 heavy (non-hydrogen) atoms. The molecule has 6 heteroatoms. The van der Waals surface area contributed by atoms with Crippen LogP contribution in [-0.2, 0) is 0 Å². The van der Waals surface area contributed by atoms with Gasteiger partial charge in [-0.1, -0.05) is 6.07 Å². The predicted octanol–water partition coefficient (Wildman–Crippen LogP) is 1.00. The number of carbonyl (C=O) groups is 2. The fourth-order valence-electron chi connectivity index (χ4n) is 2.45. The van der Waals surface area contributed by atoms with Crippen LogP contribution in [0.1, 0.15) is 23.2 Å². The molecule has 1 aliphatic rings. The van der Waals surface area contributed by atoms with E-state index in [1.165, 1.54) is 0 Å². The number of carbonyl (C=O) groups excluding carboxylic acids is 2. The Labute approximate surface area is 118 Å². The van der Waals surface area contributed by atoms with Crippen molar-refractivity contribution in [1.82, 2.24) is 10.2 Å². The van der Waals surface area contributed by atoms with Crippen LogP contribution in [0.3, 0.4) is 0 Å². The van der Waals surface area contributed by atoms with Gasteiger partial charge in [0.25, 0.3) is 5.91 Å². The highest BCUT2D eigenvalue weighted by molar-refractivity contribution is 5.96. The smallest absolute Gasteiger partial charge is 0.316 e. The highest BCUT2D eigenvalue weighted by atomic mass is 16.2. The molecule has 1 aromatic carbocycles. The number of hydrogen-bond donors (Lipinski definition) is 3. The summed E-state index contributed by atoms with van der Waals surface area (Å²) in [6.07, 6.45) is 2.08. The number of nitrogens with zero attached hydrogens (tertiary/aromatic N) is 1. The number of nitrogens with two attached hydrogens (primary N) is 1. The minimum absolute atomic E-state index is 0.0157. The third-order valence-electron chi connectivity index (χ3n) is 3.49. The van der Waals surface area contributed by atoms with E-state index in [4.69, 9.17) is 5.73 Å². The molecule has 1 aromatic rings. The van der Waals surface area contributed by atoms with Gasteiger partial charge in [-0.2, -0.15) is 0 Å². The number of primary amides is 1. The Balaban J connectivity index is 2.10. The van der Waals surface area contributed by atoms with E-state index in [1.54, 1.807) is 24.3 Å². The molecule has 1 fully saturated rings. The summed E-state index contributed by atoms with van der Waals surface area (Å²) in [6, 6.07) is 6.54. The van der Waals surface area contributed by atoms with Crippen molar-refractivity contribution < 1.29 is 9.59 Å². The molecule has 1 saturated heterocycles. The SMILES string of the molecule is CNC1CCCN(C(=O)c2cccc(NC(N)=O)c2)C1. The van der Waals surface area contributed by atoms with Crippen LogP contribution in [0.2, 0.25) is 0 Å². The van der Waals surface area contributed by atoms with Crippen LogP contribution in [0.4, 0.5) is 10.5 Å². The van der Waals surface area contributed by atoms with Gasteiger partial charge in [0.2, 0.25) is 0 Å². The van der Waals surface area contributed by atoms with Gasteiger partial charge < -0.3 is 21.3 Å². The van der Waals surface area contributed by atoms with Crippen molar-refractivity contribution in [1.29, 1.82) is 0 Å². The van der Waals surface area contributed by atoms with Crippen LogP contribution in [-0.4, -0.2) is 43.0 Å². The van der Waals surface area contributed by atoms with E-state index in [2.05, 4.69) is 10.6 Å². The lowest BCUT2D eigenvalue weighted by Gasteiger charge is -2.32. The van der Waals surface area contributed by atoms with E-state index in [0.717, 1.165) is 19.4 Å². The topological polar surface area (TPSA) is 87.5 Å². The maximum Gasteiger partial charge on any atom is 0.316 e. The van der Waals surface area contributed by atoms with E-state index >= 15 is 0 Å². The van der Waals surface area contributed by atoms with Gasteiger partial charge in [-0.3, -0.25) is 4.79 Å². The summed E-state index contributed by atoms with van der Waals surface area (Å²) in [7, 11) is 1.91. The predicted molar refractivity (Wildman–Crippen MR) is 77.6 cm³/mol. The molecule has 6 nitrogen and oxygen atoms in total. The van der Waals surface area contributed by atoms with Gasteiger partial charge in [-0.05, 0) is 38.1 Å². The fourth-order valence-corrected chi connectivity index (χ4v) is 2.45. The standard InChI is InChI=1S/C14H20N4O2/c1-16-12-6-3-7-18(9-12)13(19)10-4-2-5-11(8-10)17-14(15)20/h2,4-5,8,12,16H,3,6-7,9H2,1H3,(H3,15,17,20). The number of likely N-dealkylation sites (N-methyl/N-ethyl adjacent to an activating group) is 1. The average molecular weight is 276 g/mol. The molecule has 0 aromatic heterocycles. The summed E-state index contributed by atoms with van der Waals surface area (Å²) in [5.41, 5.74) is 6.17. The van der Waals surface area contributed by atoms with E-state index in [9.17, 15) is 9.59 Å². The summed E-state index contributed by atoms with van der Waals surface area (Å²) in [5, 5.41) is 5.69. The summed E-state index contributed by atoms with van der Waals surface area (Å²) in [5.74, 6) is -0.0157. The number of benzene rings is 1. The second kappa shape index (κ2) is 6.38. The van der Waals surface area contributed by atoms with Crippen molar-refractivity contribution in [2.45, 2.75) is 18.9 Å². The van der Waals surface area contributed by atoms with Gasteiger partial charge in [-0.15, -0.1) is 0 Å². The number of hydrogen-bond acceptors (Lipinski definition) is 3. The first kappa shape index (κ1) is 14.3. The van der Waals surface area contributed by atoms with Crippen LogP contribution < -0.4 is 16.4 Å². The molecule has 0 spiro atoms. The lowest BCUT2D eigenvalue weighted by molar-refractivity contribution is 0.0698. The van der Waals surface area contributed by atoms with Gasteiger partial charge >= 0.3 is 6.03 Å². The Kier molecular flexibility index (Phi) is 4.57. The molecule has 0 radical (unpaired) electrons. The average Bonchev–Trinajstić information content (AvgIpc) is 2.46. The molecule has 1 aliphatic heterocycles. The molecule has 1 heterocycles. The molecule has 0 aliphatic carbocycles. The lowest BCUT2D eigenvalue weighted by Crippen LogP contribution is -2.46. The number of urea groups is 1. The molecule has 4 N–H and O–H groups in total. The van der Waals surface area contributed by atoms with Gasteiger partial charge in [0.05, 0.1) is 0 Å². The molecular formula is C14H20N4O2. The largest absolute Gasteiger partial charge is 0.351 e. The highest BCUT2D eigenvalue weighted by Crippen LogP contribution is 2.16. The van der Waals surface area contributed by atoms with Crippen LogP contribution in [0.25, 0.3) is 0 Å². The van der Waals surface area contributed by atoms with Crippen LogP contribution in [0.5, 0.6) is 0 Å². The molecule has 3 amide bonds. The van der Waals surface area contributed by atoms with Crippen molar-refractivity contribution in [3.8, 4) is 0 Å². The summed E-state index contributed by atoms with van der Waals surface area (Å²) in [6.45, 7) is 1.48. The number of anilines is 1. The van der Waals surface area contributed by atoms with Crippen molar-refractivity contribution in [3.05, 3.63) is 29.8 Å². The van der Waals surface area contributed by atoms with Crippen molar-refractivity contribution in [2.75, 3.05) is 25.5 Å². The fraction of sp³-hybridized carbons (Fsp3) is 0.429. The van der Waals surface area contributed by atoms with E-state index < -0.39 is 6.03 Å². The third-order valence-corrected chi connectivity index (χ3v) is 3.49. The molecule has 108 valence electrons. The second-order valence-corrected chi connectivity index (χ2v) is 4.95. The molecular weight excluding hydrogens is 256 g/mol. The van der Waals surface area contributed by atoms with Gasteiger partial charge in [0, 0.05) is 30.4 Å². The second-order valence-electron chi connectivity index (χ2n) is 4.95. The normalized spacial score (nSPS) is 18.6. The lowest BCUT2D eigenvalue weighted by atomic mass is 10.0. The van der Waals surface area contributed by atoms with E-state index in [1.807, 2.05) is 11.9 Å². The number of amides is 3. The quantitative estimate of drug-likeness (QED) is 0.769. The molecule has 1 unspecified atom stereocenters. The number of piperidine rings is 1. The summed E-state index contributed by atoms with van der Waals surface area (Å²) in [4.78, 5) is 25.1. The van der Waals surface area contributed by atoms with Gasteiger partial charge in [0.15, 0.2) is 0 Å². The third kappa shape index (κ3) is 3.48. The van der Waals surface area contributed by atoms with E-state index in [0.29, 0.717) is 23.8 Å². The summed E-state index contributed by atoms with van der Waals surface area (Å²) >= 11 is 0. The Morgan fingerprint density at radius 1 is 1.40 bits per heavy atom. The molecule has 0 saturated carbocycles. The first-order chi connectivity index (χ1) is 9.60. The van der Waals surface area contributed by atoms with Crippen LogP contribution in [0, 0.1) is 0 Å². The molecule has 1 atom stereocenters. The first-order valence-corrected chi connectivity index (χ1v) is 6.73. The Morgan fingerprint density at radius 2 is 2.20 bits per heavy atom. The van der Waals surface area contributed by atoms with Crippen LogP contribution in [0.15, 0.2) is 24.3 Å². The Hall–Kier alpha value is -2.08. The van der Waals surface area contributed by atoms with Crippen molar-refractivity contribution >= 4 is 17.6 Å². The zero-order valence-electron chi connectivity index (χ0n) is 11.6. The highest BCUT2D eigenvalue weighted by Gasteiger charge is 2.23. The molecule has 2 rings (SSSR count). The maximum atomic E-state index is 12.5. The summed E-state index contributed by atoms with van der Waals surface area (Å²) < 4.78 is 0. The first-order valence-electron chi connectivity index (χ1n) is 6.73.